The highest BCUT2D eigenvalue weighted by Crippen LogP contribution is 2.34. The van der Waals surface area contributed by atoms with Crippen LogP contribution in [0, 0.1) is 5.82 Å². The van der Waals surface area contributed by atoms with Gasteiger partial charge in [0.25, 0.3) is 5.91 Å². The second-order valence-electron chi connectivity index (χ2n) is 8.95. The molecule has 10 heteroatoms. The molecule has 2 aromatic rings. The lowest BCUT2D eigenvalue weighted by Gasteiger charge is -2.42. The molecule has 0 radical (unpaired) electrons. The fourth-order valence-corrected chi connectivity index (χ4v) is 4.93. The van der Waals surface area contributed by atoms with Gasteiger partial charge in [0.05, 0.1) is 24.2 Å². The second-order valence-corrected chi connectivity index (χ2v) is 8.95. The summed E-state index contributed by atoms with van der Waals surface area (Å²) >= 11 is 0. The molecule has 0 saturated heterocycles. The second kappa shape index (κ2) is 9.09. The van der Waals surface area contributed by atoms with E-state index in [1.165, 1.54) is 6.07 Å². The molecule has 3 aliphatic heterocycles. The van der Waals surface area contributed by atoms with Crippen LogP contribution in [0.2, 0.25) is 0 Å². The molecule has 0 fully saturated rings. The molecule has 3 aliphatic rings. The quantitative estimate of drug-likeness (QED) is 0.656. The number of alkyl halides is 3. The number of halogens is 4. The number of hydrogen-bond acceptors (Lipinski definition) is 5. The van der Waals surface area contributed by atoms with Gasteiger partial charge in [0.15, 0.2) is 0 Å². The van der Waals surface area contributed by atoms with Crippen LogP contribution in [-0.2, 0) is 30.6 Å². The highest BCUT2D eigenvalue weighted by Gasteiger charge is 2.41. The molecule has 0 unspecified atom stereocenters. The Bertz CT molecular complexity index is 1220. The van der Waals surface area contributed by atoms with E-state index in [9.17, 15) is 22.4 Å². The Morgan fingerprint density at radius 2 is 1.77 bits per heavy atom. The van der Waals surface area contributed by atoms with E-state index in [0.717, 1.165) is 29.0 Å². The minimum absolute atomic E-state index is 0.127. The van der Waals surface area contributed by atoms with Crippen LogP contribution in [0.15, 0.2) is 58.7 Å². The Morgan fingerprint density at radius 3 is 2.51 bits per heavy atom. The molecular weight excluding hydrogens is 462 g/mol. The first kappa shape index (κ1) is 23.5. The molecule has 6 nitrogen and oxygen atoms in total. The zero-order valence-electron chi connectivity index (χ0n) is 19.0. The van der Waals surface area contributed by atoms with E-state index in [0.29, 0.717) is 62.8 Å². The summed E-state index contributed by atoms with van der Waals surface area (Å²) in [6, 6.07) is 10.8. The molecule has 3 heterocycles. The molecule has 2 N–H and O–H groups in total. The number of fused-ring (bicyclic) bond motifs is 2. The monoisotopic (exact) mass is 487 g/mol. The van der Waals surface area contributed by atoms with Crippen LogP contribution in [0.1, 0.15) is 28.7 Å². The molecule has 0 aliphatic carbocycles. The Labute approximate surface area is 200 Å². The van der Waals surface area contributed by atoms with Crippen molar-refractivity contribution in [1.29, 1.82) is 0 Å². The number of nitrogens with zero attached hydrogens (tertiary/aromatic N) is 4. The van der Waals surface area contributed by atoms with Crippen molar-refractivity contribution in [2.75, 3.05) is 26.2 Å². The summed E-state index contributed by atoms with van der Waals surface area (Å²) in [5, 5.41) is 0. The number of amides is 1. The lowest BCUT2D eigenvalue weighted by atomic mass is 9.99. The Morgan fingerprint density at radius 1 is 1.00 bits per heavy atom. The van der Waals surface area contributed by atoms with Crippen molar-refractivity contribution >= 4 is 11.9 Å². The fraction of sp³-hybridized carbons (Fsp3) is 0.360. The Hall–Kier alpha value is -3.24. The van der Waals surface area contributed by atoms with Crippen molar-refractivity contribution < 1.29 is 22.4 Å². The maximum Gasteiger partial charge on any atom is 0.419 e. The maximum atomic E-state index is 14.1. The molecule has 2 aromatic carbocycles. The van der Waals surface area contributed by atoms with E-state index in [1.54, 1.807) is 4.90 Å². The molecule has 0 aromatic heterocycles. The zero-order chi connectivity index (χ0) is 24.7. The van der Waals surface area contributed by atoms with Gasteiger partial charge in [0.1, 0.15) is 5.82 Å². The number of carbonyl (C=O) groups excluding carboxylic acids is 1. The van der Waals surface area contributed by atoms with Crippen LogP contribution >= 0.6 is 0 Å². The number of guanidine groups is 1. The average molecular weight is 488 g/mol. The predicted octanol–water partition coefficient (Wildman–Crippen LogP) is 3.48. The lowest BCUT2D eigenvalue weighted by molar-refractivity contribution is -0.140. The normalized spacial score (nSPS) is 18.7. The van der Waals surface area contributed by atoms with E-state index in [-0.39, 0.29) is 12.5 Å². The zero-order valence-corrected chi connectivity index (χ0v) is 19.0. The molecule has 5 rings (SSSR count). The number of aliphatic imine (C=N–C) groups is 1. The van der Waals surface area contributed by atoms with Gasteiger partial charge in [-0.3, -0.25) is 19.6 Å². The number of benzene rings is 2. The van der Waals surface area contributed by atoms with Crippen LogP contribution < -0.4 is 5.73 Å². The minimum Gasteiger partial charge on any atom is -0.326 e. The molecule has 35 heavy (non-hydrogen) atoms. The van der Waals surface area contributed by atoms with E-state index >= 15 is 0 Å². The number of rotatable bonds is 5. The van der Waals surface area contributed by atoms with Crippen molar-refractivity contribution in [2.45, 2.75) is 32.2 Å². The van der Waals surface area contributed by atoms with Crippen LogP contribution in [0.25, 0.3) is 0 Å². The van der Waals surface area contributed by atoms with E-state index in [1.807, 2.05) is 29.2 Å². The van der Waals surface area contributed by atoms with Crippen LogP contribution in [0.3, 0.4) is 0 Å². The van der Waals surface area contributed by atoms with Gasteiger partial charge in [-0.05, 0) is 28.8 Å². The third-order valence-corrected chi connectivity index (χ3v) is 6.60. The van der Waals surface area contributed by atoms with E-state index < -0.39 is 17.6 Å². The Balaban J connectivity index is 1.36. The first-order valence-electron chi connectivity index (χ1n) is 11.5. The summed E-state index contributed by atoms with van der Waals surface area (Å²) in [5.74, 6) is -0.757. The van der Waals surface area contributed by atoms with Gasteiger partial charge in [-0.1, -0.05) is 30.3 Å². The van der Waals surface area contributed by atoms with Crippen LogP contribution in [0.4, 0.5) is 17.6 Å². The van der Waals surface area contributed by atoms with Gasteiger partial charge in [0.2, 0.25) is 5.96 Å². The van der Waals surface area contributed by atoms with Gasteiger partial charge in [-0.25, -0.2) is 4.39 Å². The fourth-order valence-electron chi connectivity index (χ4n) is 4.93. The molecule has 1 amide bonds. The largest absolute Gasteiger partial charge is 0.419 e. The summed E-state index contributed by atoms with van der Waals surface area (Å²) in [6.45, 7) is 3.26. The molecule has 0 bridgehead atoms. The van der Waals surface area contributed by atoms with Crippen molar-refractivity contribution in [3.05, 3.63) is 81.8 Å². The van der Waals surface area contributed by atoms with Gasteiger partial charge < -0.3 is 10.6 Å². The molecule has 0 atom stereocenters. The first-order chi connectivity index (χ1) is 16.7. The summed E-state index contributed by atoms with van der Waals surface area (Å²) in [4.78, 5) is 23.9. The Kier molecular flexibility index (Phi) is 6.10. The van der Waals surface area contributed by atoms with E-state index in [2.05, 4.69) is 9.89 Å². The lowest BCUT2D eigenvalue weighted by Crippen LogP contribution is -2.53. The van der Waals surface area contributed by atoms with E-state index in [4.69, 9.17) is 5.73 Å². The number of carbonyl (C=O) groups is 1. The smallest absolute Gasteiger partial charge is 0.326 e. The van der Waals surface area contributed by atoms with Crippen molar-refractivity contribution in [3.8, 4) is 0 Å². The van der Waals surface area contributed by atoms with Gasteiger partial charge in [-0.15, -0.1) is 0 Å². The van der Waals surface area contributed by atoms with Gasteiger partial charge in [0, 0.05) is 44.8 Å². The van der Waals surface area contributed by atoms with Crippen LogP contribution in [-0.4, -0.2) is 52.7 Å². The number of nitrogens with two attached hydrogens (primary N) is 1. The highest BCUT2D eigenvalue weighted by molar-refractivity contribution is 6.09. The maximum absolute atomic E-state index is 14.1. The predicted molar refractivity (Wildman–Crippen MR) is 122 cm³/mol. The highest BCUT2D eigenvalue weighted by atomic mass is 19.4. The van der Waals surface area contributed by atoms with Gasteiger partial charge in [-0.2, -0.15) is 13.2 Å². The van der Waals surface area contributed by atoms with Crippen molar-refractivity contribution in [1.82, 2.24) is 14.7 Å². The summed E-state index contributed by atoms with van der Waals surface area (Å²) in [7, 11) is 0. The molecule has 184 valence electrons. The third kappa shape index (κ3) is 4.55. The minimum atomic E-state index is -4.73. The molecular formula is C25H25F4N5O. The molecule has 0 saturated carbocycles. The SMILES string of the molecule is NCc1cccc(CN2C(=O)C3=C(CCN(Cc4ccc(C(F)(F)F)c(F)c4)C3)N3CCN=C23)c1. The van der Waals surface area contributed by atoms with Crippen molar-refractivity contribution in [2.24, 2.45) is 10.7 Å². The standard InChI is InChI=1S/C25H25F4N5O/c26-21-11-18(4-5-20(21)25(27,28)29)13-32-8-6-22-19(15-32)23(35)34(24-31-7-9-33(22)24)14-17-3-1-2-16(10-17)12-30/h1-5,10-11H,6-9,12-15,30H2. The molecule has 0 spiro atoms. The van der Waals surface area contributed by atoms with Gasteiger partial charge >= 0.3 is 6.18 Å². The topological polar surface area (TPSA) is 65.2 Å². The van der Waals surface area contributed by atoms with Crippen LogP contribution in [0.5, 0.6) is 0 Å². The average Bonchev–Trinajstić information content (AvgIpc) is 3.31. The third-order valence-electron chi connectivity index (χ3n) is 6.60. The summed E-state index contributed by atoms with van der Waals surface area (Å²) in [6.07, 6.45) is -4.12. The number of hydrogen-bond donors (Lipinski definition) is 1. The first-order valence-corrected chi connectivity index (χ1v) is 11.5. The summed E-state index contributed by atoms with van der Waals surface area (Å²) in [5.41, 5.74) is 8.45. The van der Waals surface area contributed by atoms with Crippen molar-refractivity contribution in [3.63, 3.8) is 0 Å². The summed E-state index contributed by atoms with van der Waals surface area (Å²) < 4.78 is 52.7.